The number of hydrogen-bond donors (Lipinski definition) is 0. The molecular formula is C17H12BF3N2O4. The van der Waals surface area contributed by atoms with Crippen molar-refractivity contribution in [1.29, 1.82) is 0 Å². The van der Waals surface area contributed by atoms with Gasteiger partial charge in [-0.05, 0) is 30.6 Å². The molecule has 0 unspecified atom stereocenters. The number of benzene rings is 1. The minimum atomic E-state index is -4.61. The highest BCUT2D eigenvalue weighted by Gasteiger charge is 2.33. The van der Waals surface area contributed by atoms with E-state index in [2.05, 4.69) is 14.7 Å². The van der Waals surface area contributed by atoms with Gasteiger partial charge in [0.15, 0.2) is 5.69 Å². The molecule has 10 heteroatoms. The number of aromatic nitrogens is 2. The highest BCUT2D eigenvalue weighted by Crippen LogP contribution is 2.36. The number of esters is 1. The third-order valence-corrected chi connectivity index (χ3v) is 3.82. The van der Waals surface area contributed by atoms with Crippen molar-refractivity contribution >= 4 is 24.7 Å². The number of rotatable bonds is 4. The molecule has 3 rings (SSSR count). The van der Waals surface area contributed by atoms with E-state index in [1.54, 1.807) is 6.07 Å². The van der Waals surface area contributed by atoms with Crippen LogP contribution in [0.3, 0.4) is 0 Å². The predicted octanol–water partition coefficient (Wildman–Crippen LogP) is 3.37. The van der Waals surface area contributed by atoms with Crippen molar-refractivity contribution in [3.63, 3.8) is 0 Å². The van der Waals surface area contributed by atoms with Crippen molar-refractivity contribution < 1.29 is 31.9 Å². The van der Waals surface area contributed by atoms with Gasteiger partial charge in [-0.1, -0.05) is 0 Å². The van der Waals surface area contributed by atoms with Crippen LogP contribution < -0.4 is 4.74 Å². The normalized spacial score (nSPS) is 11.6. The van der Waals surface area contributed by atoms with Crippen molar-refractivity contribution in [2.24, 2.45) is 0 Å². The summed E-state index contributed by atoms with van der Waals surface area (Å²) in [6.07, 6.45) is -4.72. The monoisotopic (exact) mass is 376 g/mol. The Balaban J connectivity index is 2.24. The van der Waals surface area contributed by atoms with Gasteiger partial charge >= 0.3 is 12.1 Å². The molecule has 0 amide bonds. The summed E-state index contributed by atoms with van der Waals surface area (Å²) >= 11 is 0. The van der Waals surface area contributed by atoms with Gasteiger partial charge in [-0.15, -0.1) is 0 Å². The molecule has 6 nitrogen and oxygen atoms in total. The molecule has 0 spiro atoms. The van der Waals surface area contributed by atoms with E-state index in [-0.39, 0.29) is 34.9 Å². The largest absolute Gasteiger partial charge is 0.494 e. The van der Waals surface area contributed by atoms with Crippen LogP contribution in [0.15, 0.2) is 28.7 Å². The third-order valence-electron chi connectivity index (χ3n) is 3.82. The first kappa shape index (κ1) is 18.7. The highest BCUT2D eigenvalue weighted by molar-refractivity contribution is 6.09. The first-order valence-electron chi connectivity index (χ1n) is 7.63. The molecule has 0 atom stereocenters. The second kappa shape index (κ2) is 6.94. The molecule has 0 saturated carbocycles. The van der Waals surface area contributed by atoms with E-state index >= 15 is 0 Å². The molecule has 3 aromatic rings. The number of halogens is 3. The van der Waals surface area contributed by atoms with Gasteiger partial charge in [-0.3, -0.25) is 0 Å². The van der Waals surface area contributed by atoms with Gasteiger partial charge in [-0.2, -0.15) is 13.2 Å². The molecule has 0 aliphatic carbocycles. The lowest BCUT2D eigenvalue weighted by Gasteiger charge is -2.11. The molecule has 2 radical (unpaired) electrons. The topological polar surface area (TPSA) is 74.5 Å². The molecule has 0 bridgehead atoms. The van der Waals surface area contributed by atoms with Crippen LogP contribution in [0, 0.1) is 0 Å². The maximum absolute atomic E-state index is 13.0. The van der Waals surface area contributed by atoms with Crippen molar-refractivity contribution in [1.82, 2.24) is 9.97 Å². The lowest BCUT2D eigenvalue weighted by Crippen LogP contribution is -2.08. The molecule has 2 heterocycles. The van der Waals surface area contributed by atoms with E-state index < -0.39 is 17.8 Å². The maximum atomic E-state index is 13.0. The molecule has 0 aliphatic rings. The van der Waals surface area contributed by atoms with Crippen molar-refractivity contribution in [3.8, 4) is 17.2 Å². The van der Waals surface area contributed by atoms with Crippen molar-refractivity contribution in [2.75, 3.05) is 14.2 Å². The lowest BCUT2D eigenvalue weighted by molar-refractivity contribution is -0.140. The summed E-state index contributed by atoms with van der Waals surface area (Å²) in [5, 5.41) is 0.309. The SMILES string of the molecule is [B]Cc1oc(-c2ccc(OC)c3nc(C(F)(F)F)ccc23)nc1C(=O)OC. The standard InChI is InChI=1S/C17H12BF3N2O4/c1-25-10-5-3-9(8-4-6-12(17(19,20)21)22-13(8)10)15-23-14(16(24)26-2)11(7-18)27-15/h3-6H,7H2,1-2H3. The fourth-order valence-electron chi connectivity index (χ4n) is 2.56. The fourth-order valence-corrected chi connectivity index (χ4v) is 2.56. The number of oxazole rings is 1. The van der Waals surface area contributed by atoms with Crippen LogP contribution >= 0.6 is 0 Å². The molecule has 2 aromatic heterocycles. The fraction of sp³-hybridized carbons (Fsp3) is 0.235. The molecule has 138 valence electrons. The second-order valence-electron chi connectivity index (χ2n) is 5.39. The van der Waals surface area contributed by atoms with Crippen LogP contribution in [0.5, 0.6) is 5.75 Å². The predicted molar refractivity (Wildman–Crippen MR) is 89.6 cm³/mol. The van der Waals surface area contributed by atoms with Crippen LogP contribution in [0.2, 0.25) is 0 Å². The molecule has 0 fully saturated rings. The van der Waals surface area contributed by atoms with E-state index in [0.29, 0.717) is 10.9 Å². The number of hydrogen-bond acceptors (Lipinski definition) is 6. The average molecular weight is 376 g/mol. The van der Waals surface area contributed by atoms with E-state index in [4.69, 9.17) is 17.0 Å². The lowest BCUT2D eigenvalue weighted by atomic mass is 10.0. The third kappa shape index (κ3) is 3.34. The summed E-state index contributed by atoms with van der Waals surface area (Å²) < 4.78 is 54.3. The number of ether oxygens (including phenoxy) is 2. The molecular weight excluding hydrogens is 364 g/mol. The van der Waals surface area contributed by atoms with Gasteiger partial charge in [0.25, 0.3) is 0 Å². The molecule has 1 aromatic carbocycles. The van der Waals surface area contributed by atoms with Crippen LogP contribution in [-0.2, 0) is 17.2 Å². The Bertz CT molecular complexity index is 1020. The summed E-state index contributed by atoms with van der Waals surface area (Å²) in [4.78, 5) is 19.6. The van der Waals surface area contributed by atoms with Gasteiger partial charge in [0, 0.05) is 10.9 Å². The number of carbonyl (C=O) groups is 1. The zero-order chi connectivity index (χ0) is 19.8. The van der Waals surface area contributed by atoms with Crippen LogP contribution in [0.1, 0.15) is 21.9 Å². The zero-order valence-electron chi connectivity index (χ0n) is 14.3. The van der Waals surface area contributed by atoms with Crippen molar-refractivity contribution in [3.05, 3.63) is 41.4 Å². The Labute approximate surface area is 152 Å². The second-order valence-corrected chi connectivity index (χ2v) is 5.39. The Morgan fingerprint density at radius 3 is 2.52 bits per heavy atom. The summed E-state index contributed by atoms with van der Waals surface area (Å²) in [5.74, 6) is -0.481. The van der Waals surface area contributed by atoms with Crippen LogP contribution in [0.25, 0.3) is 22.4 Å². The Morgan fingerprint density at radius 2 is 1.93 bits per heavy atom. The molecule has 0 aliphatic heterocycles. The van der Waals surface area contributed by atoms with Crippen LogP contribution in [-0.4, -0.2) is 38.0 Å². The first-order chi connectivity index (χ1) is 12.8. The van der Waals surface area contributed by atoms with Gasteiger partial charge in [-0.25, -0.2) is 14.8 Å². The number of alkyl halides is 3. The smallest absolute Gasteiger partial charge is 0.433 e. The maximum Gasteiger partial charge on any atom is 0.433 e. The number of carbonyl (C=O) groups excluding carboxylic acids is 1. The molecule has 0 saturated heterocycles. The summed E-state index contributed by atoms with van der Waals surface area (Å²) in [5.41, 5.74) is -0.844. The van der Waals surface area contributed by atoms with E-state index in [1.165, 1.54) is 26.4 Å². The Kier molecular flexibility index (Phi) is 4.82. The van der Waals surface area contributed by atoms with Gasteiger partial charge < -0.3 is 13.9 Å². The minimum absolute atomic E-state index is 0.00469. The van der Waals surface area contributed by atoms with Gasteiger partial charge in [0.05, 0.1) is 22.1 Å². The minimum Gasteiger partial charge on any atom is -0.494 e. The highest BCUT2D eigenvalue weighted by atomic mass is 19.4. The summed E-state index contributed by atoms with van der Waals surface area (Å²) in [6.45, 7) is 0. The van der Waals surface area contributed by atoms with E-state index in [9.17, 15) is 18.0 Å². The number of methoxy groups -OCH3 is 2. The van der Waals surface area contributed by atoms with Crippen molar-refractivity contribution in [2.45, 2.75) is 12.5 Å². The first-order valence-corrected chi connectivity index (χ1v) is 7.63. The average Bonchev–Trinajstić information content (AvgIpc) is 3.09. The van der Waals surface area contributed by atoms with E-state index in [1.807, 2.05) is 0 Å². The quantitative estimate of drug-likeness (QED) is 0.514. The summed E-state index contributed by atoms with van der Waals surface area (Å²) in [7, 11) is 8.07. The number of fused-ring (bicyclic) bond motifs is 1. The summed E-state index contributed by atoms with van der Waals surface area (Å²) in [6, 6.07) is 5.07. The van der Waals surface area contributed by atoms with Crippen LogP contribution in [0.4, 0.5) is 13.2 Å². The molecule has 0 N–H and O–H groups in total. The van der Waals surface area contributed by atoms with Gasteiger partial charge in [0.1, 0.15) is 22.7 Å². The molecule has 27 heavy (non-hydrogen) atoms. The zero-order valence-corrected chi connectivity index (χ0v) is 14.3. The Morgan fingerprint density at radius 1 is 1.19 bits per heavy atom. The Hall–Kier alpha value is -3.04. The number of nitrogens with zero attached hydrogens (tertiary/aromatic N) is 2. The van der Waals surface area contributed by atoms with Gasteiger partial charge in [0.2, 0.25) is 5.89 Å². The van der Waals surface area contributed by atoms with E-state index in [0.717, 1.165) is 6.07 Å². The number of pyridine rings is 1.